The molecule has 0 saturated heterocycles. The van der Waals surface area contributed by atoms with Crippen molar-refractivity contribution < 1.29 is 0 Å². The smallest absolute Gasteiger partial charge is 0.191 e. The second-order valence-corrected chi connectivity index (χ2v) is 6.28. The van der Waals surface area contributed by atoms with Gasteiger partial charge in [0.05, 0.1) is 0 Å². The molecule has 0 spiro atoms. The van der Waals surface area contributed by atoms with Crippen LogP contribution in [0.25, 0.3) is 0 Å². The average Bonchev–Trinajstić information content (AvgIpc) is 2.42. The van der Waals surface area contributed by atoms with Crippen LogP contribution in [-0.4, -0.2) is 52.8 Å². The Bertz CT molecular complexity index is 415. The van der Waals surface area contributed by atoms with Crippen molar-refractivity contribution in [1.82, 2.24) is 14.9 Å². The molecule has 0 amide bonds. The molecule has 0 aliphatic rings. The van der Waals surface area contributed by atoms with Gasteiger partial charge in [-0.25, -0.2) is 9.97 Å². The van der Waals surface area contributed by atoms with E-state index >= 15 is 0 Å². The Labute approximate surface area is 133 Å². The van der Waals surface area contributed by atoms with Crippen LogP contribution in [0.5, 0.6) is 0 Å². The van der Waals surface area contributed by atoms with Crippen LogP contribution in [0.1, 0.15) is 34.6 Å². The van der Waals surface area contributed by atoms with E-state index in [9.17, 15) is 0 Å². The summed E-state index contributed by atoms with van der Waals surface area (Å²) in [6.07, 6.45) is 1.99. The highest BCUT2D eigenvalue weighted by Gasteiger charge is 2.12. The molecule has 0 atom stereocenters. The van der Waals surface area contributed by atoms with E-state index in [0.29, 0.717) is 12.1 Å². The molecule has 0 aromatic carbocycles. The second kappa shape index (κ2) is 9.10. The first-order valence-corrected chi connectivity index (χ1v) is 8.87. The predicted molar refractivity (Wildman–Crippen MR) is 93.4 cm³/mol. The first-order chi connectivity index (χ1) is 9.97. The van der Waals surface area contributed by atoms with Crippen molar-refractivity contribution in [3.05, 3.63) is 6.07 Å². The van der Waals surface area contributed by atoms with Crippen molar-refractivity contribution in [1.29, 1.82) is 0 Å². The van der Waals surface area contributed by atoms with Gasteiger partial charge in [0.15, 0.2) is 5.16 Å². The zero-order valence-electron chi connectivity index (χ0n) is 14.1. The van der Waals surface area contributed by atoms with Gasteiger partial charge in [0.2, 0.25) is 0 Å². The van der Waals surface area contributed by atoms with Gasteiger partial charge in [0, 0.05) is 37.8 Å². The molecule has 0 aliphatic heterocycles. The molecular formula is C15H29N5S. The third kappa shape index (κ3) is 6.09. The summed E-state index contributed by atoms with van der Waals surface area (Å²) in [7, 11) is 0. The number of aromatic nitrogens is 2. The van der Waals surface area contributed by atoms with Gasteiger partial charge in [-0.1, -0.05) is 11.8 Å². The molecule has 1 heterocycles. The van der Waals surface area contributed by atoms with Gasteiger partial charge in [-0.05, 0) is 40.9 Å². The molecular weight excluding hydrogens is 282 g/mol. The predicted octanol–water partition coefficient (Wildman–Crippen LogP) is 3.16. The summed E-state index contributed by atoms with van der Waals surface area (Å²) in [4.78, 5) is 11.4. The van der Waals surface area contributed by atoms with E-state index in [2.05, 4.69) is 60.1 Å². The van der Waals surface area contributed by atoms with E-state index in [4.69, 9.17) is 0 Å². The molecule has 6 heteroatoms. The molecule has 0 saturated carbocycles. The van der Waals surface area contributed by atoms with Crippen molar-refractivity contribution in [3.8, 4) is 0 Å². The number of rotatable bonds is 9. The minimum atomic E-state index is 0.552. The molecule has 0 aliphatic carbocycles. The maximum atomic E-state index is 4.50. The van der Waals surface area contributed by atoms with Crippen molar-refractivity contribution in [2.45, 2.75) is 51.9 Å². The Balaban J connectivity index is 2.63. The van der Waals surface area contributed by atoms with Crippen molar-refractivity contribution in [2.24, 2.45) is 0 Å². The van der Waals surface area contributed by atoms with Crippen molar-refractivity contribution in [3.63, 3.8) is 0 Å². The van der Waals surface area contributed by atoms with Gasteiger partial charge in [-0.3, -0.25) is 4.90 Å². The van der Waals surface area contributed by atoms with E-state index in [1.807, 2.05) is 12.3 Å². The van der Waals surface area contributed by atoms with Crippen LogP contribution in [0, 0.1) is 0 Å². The Morgan fingerprint density at radius 3 is 2.14 bits per heavy atom. The highest BCUT2D eigenvalue weighted by Crippen LogP contribution is 2.17. The third-order valence-corrected chi connectivity index (χ3v) is 3.80. The monoisotopic (exact) mass is 311 g/mol. The SMILES string of the molecule is CCNc1cc(NCCN(C(C)C)C(C)C)nc(SC)n1. The van der Waals surface area contributed by atoms with E-state index in [-0.39, 0.29) is 0 Å². The maximum Gasteiger partial charge on any atom is 0.191 e. The lowest BCUT2D eigenvalue weighted by Gasteiger charge is -2.30. The Morgan fingerprint density at radius 2 is 1.67 bits per heavy atom. The second-order valence-electron chi connectivity index (χ2n) is 5.51. The molecule has 1 aromatic heterocycles. The van der Waals surface area contributed by atoms with E-state index in [0.717, 1.165) is 36.4 Å². The van der Waals surface area contributed by atoms with Gasteiger partial charge in [0.25, 0.3) is 0 Å². The Hall–Kier alpha value is -1.01. The number of hydrogen-bond acceptors (Lipinski definition) is 6. The lowest BCUT2D eigenvalue weighted by Crippen LogP contribution is -2.40. The fourth-order valence-electron chi connectivity index (χ4n) is 2.30. The minimum Gasteiger partial charge on any atom is -0.370 e. The summed E-state index contributed by atoms with van der Waals surface area (Å²) in [5.74, 6) is 1.77. The van der Waals surface area contributed by atoms with Crippen LogP contribution in [0.3, 0.4) is 0 Å². The minimum absolute atomic E-state index is 0.552. The summed E-state index contributed by atoms with van der Waals surface area (Å²) >= 11 is 1.56. The normalized spacial score (nSPS) is 11.5. The average molecular weight is 311 g/mol. The number of nitrogens with zero attached hydrogens (tertiary/aromatic N) is 3. The standard InChI is InChI=1S/C15H29N5S/c1-7-16-13-10-14(19-15(18-13)21-6)17-8-9-20(11(2)3)12(4)5/h10-12H,7-9H2,1-6H3,(H2,16,17,18,19). The maximum absolute atomic E-state index is 4.50. The lowest BCUT2D eigenvalue weighted by atomic mass is 10.2. The van der Waals surface area contributed by atoms with Crippen LogP contribution in [0.15, 0.2) is 11.2 Å². The highest BCUT2D eigenvalue weighted by atomic mass is 32.2. The number of hydrogen-bond donors (Lipinski definition) is 2. The molecule has 5 nitrogen and oxygen atoms in total. The molecule has 2 N–H and O–H groups in total. The van der Waals surface area contributed by atoms with Crippen LogP contribution >= 0.6 is 11.8 Å². The van der Waals surface area contributed by atoms with Gasteiger partial charge in [0.1, 0.15) is 11.6 Å². The van der Waals surface area contributed by atoms with Crippen LogP contribution in [0.2, 0.25) is 0 Å². The molecule has 0 fully saturated rings. The molecule has 21 heavy (non-hydrogen) atoms. The van der Waals surface area contributed by atoms with E-state index in [1.165, 1.54) is 0 Å². The molecule has 0 bridgehead atoms. The summed E-state index contributed by atoms with van der Waals surface area (Å²) in [5, 5.41) is 7.45. The number of nitrogens with one attached hydrogen (secondary N) is 2. The Kier molecular flexibility index (Phi) is 7.82. The zero-order chi connectivity index (χ0) is 15.8. The fourth-order valence-corrected chi connectivity index (χ4v) is 2.68. The fraction of sp³-hybridized carbons (Fsp3) is 0.733. The summed E-state index contributed by atoms with van der Waals surface area (Å²) in [5.41, 5.74) is 0. The van der Waals surface area contributed by atoms with E-state index in [1.54, 1.807) is 11.8 Å². The molecule has 0 unspecified atom stereocenters. The quantitative estimate of drug-likeness (QED) is 0.540. The first-order valence-electron chi connectivity index (χ1n) is 7.64. The summed E-state index contributed by atoms with van der Waals surface area (Å²) in [6.45, 7) is 13.8. The topological polar surface area (TPSA) is 53.1 Å². The Morgan fingerprint density at radius 1 is 1.10 bits per heavy atom. The van der Waals surface area contributed by atoms with Gasteiger partial charge in [-0.2, -0.15) is 0 Å². The van der Waals surface area contributed by atoms with Gasteiger partial charge >= 0.3 is 0 Å². The first kappa shape index (κ1) is 18.0. The lowest BCUT2D eigenvalue weighted by molar-refractivity contribution is 0.182. The summed E-state index contributed by atoms with van der Waals surface area (Å²) < 4.78 is 0. The zero-order valence-corrected chi connectivity index (χ0v) is 14.9. The molecule has 1 aromatic rings. The van der Waals surface area contributed by atoms with Crippen LogP contribution in [0.4, 0.5) is 11.6 Å². The molecule has 1 rings (SSSR count). The van der Waals surface area contributed by atoms with E-state index < -0.39 is 0 Å². The van der Waals surface area contributed by atoms with Crippen molar-refractivity contribution in [2.75, 3.05) is 36.5 Å². The van der Waals surface area contributed by atoms with Crippen molar-refractivity contribution >= 4 is 23.4 Å². The van der Waals surface area contributed by atoms with Gasteiger partial charge < -0.3 is 10.6 Å². The van der Waals surface area contributed by atoms with Gasteiger partial charge in [-0.15, -0.1) is 0 Å². The number of anilines is 2. The van der Waals surface area contributed by atoms with Crippen LogP contribution < -0.4 is 10.6 Å². The highest BCUT2D eigenvalue weighted by molar-refractivity contribution is 7.98. The third-order valence-electron chi connectivity index (χ3n) is 3.25. The molecule has 120 valence electrons. The largest absolute Gasteiger partial charge is 0.370 e. The summed E-state index contributed by atoms with van der Waals surface area (Å²) in [6, 6.07) is 3.07. The molecule has 0 radical (unpaired) electrons. The number of thioether (sulfide) groups is 1. The van der Waals surface area contributed by atoms with Crippen LogP contribution in [-0.2, 0) is 0 Å².